The largest absolute Gasteiger partial charge is 0.313 e. The van der Waals surface area contributed by atoms with Gasteiger partial charge >= 0.3 is 0 Å². The normalized spacial score (nSPS) is 20.2. The SMILES string of the molecule is CNC1CCc2c1ccc1ccsc21. The molecule has 0 spiro atoms. The molecule has 72 valence electrons. The first kappa shape index (κ1) is 8.45. The van der Waals surface area contributed by atoms with E-state index in [1.807, 2.05) is 11.3 Å². The summed E-state index contributed by atoms with van der Waals surface area (Å²) >= 11 is 1.88. The Kier molecular flexibility index (Phi) is 1.85. The number of rotatable bonds is 1. The van der Waals surface area contributed by atoms with E-state index in [2.05, 4.69) is 35.9 Å². The van der Waals surface area contributed by atoms with Crippen molar-refractivity contribution in [3.63, 3.8) is 0 Å². The second-order valence-electron chi connectivity index (χ2n) is 3.85. The van der Waals surface area contributed by atoms with Crippen LogP contribution in [0.1, 0.15) is 23.6 Å². The molecule has 3 rings (SSSR count). The van der Waals surface area contributed by atoms with Crippen molar-refractivity contribution in [2.75, 3.05) is 7.05 Å². The predicted molar refractivity (Wildman–Crippen MR) is 61.9 cm³/mol. The molecule has 2 heteroatoms. The molecule has 2 aromatic rings. The first-order chi connectivity index (χ1) is 6.90. The van der Waals surface area contributed by atoms with Crippen molar-refractivity contribution in [2.45, 2.75) is 18.9 Å². The zero-order chi connectivity index (χ0) is 9.54. The molecule has 1 aromatic carbocycles. The summed E-state index contributed by atoms with van der Waals surface area (Å²) in [6.07, 6.45) is 2.49. The standard InChI is InChI=1S/C12H13NS/c1-13-11-5-4-10-9(11)3-2-8-6-7-14-12(8)10/h2-3,6-7,11,13H,4-5H2,1H3. The molecule has 1 unspecified atom stereocenters. The summed E-state index contributed by atoms with van der Waals surface area (Å²) in [6, 6.07) is 7.34. The molecule has 0 radical (unpaired) electrons. The van der Waals surface area contributed by atoms with Gasteiger partial charge in [-0.1, -0.05) is 12.1 Å². The number of aryl methyl sites for hydroxylation is 1. The topological polar surface area (TPSA) is 12.0 Å². The lowest BCUT2D eigenvalue weighted by Gasteiger charge is -2.09. The minimum atomic E-state index is 0.580. The molecule has 1 aromatic heterocycles. The molecule has 1 aliphatic rings. The molecular weight excluding hydrogens is 190 g/mol. The highest BCUT2D eigenvalue weighted by Crippen LogP contribution is 2.37. The predicted octanol–water partition coefficient (Wildman–Crippen LogP) is 3.11. The van der Waals surface area contributed by atoms with Crippen molar-refractivity contribution in [1.82, 2.24) is 5.32 Å². The molecule has 0 bridgehead atoms. The fraction of sp³-hybridized carbons (Fsp3) is 0.333. The van der Waals surface area contributed by atoms with Gasteiger partial charge in [0.15, 0.2) is 0 Å². The van der Waals surface area contributed by atoms with Crippen molar-refractivity contribution in [3.05, 3.63) is 34.7 Å². The monoisotopic (exact) mass is 203 g/mol. The van der Waals surface area contributed by atoms with Gasteiger partial charge in [0.2, 0.25) is 0 Å². The first-order valence-electron chi connectivity index (χ1n) is 5.06. The minimum Gasteiger partial charge on any atom is -0.313 e. The number of benzene rings is 1. The van der Waals surface area contributed by atoms with Gasteiger partial charge < -0.3 is 5.32 Å². The van der Waals surface area contributed by atoms with E-state index in [9.17, 15) is 0 Å². The lowest BCUT2D eigenvalue weighted by molar-refractivity contribution is 0.590. The number of thiophene rings is 1. The molecule has 0 saturated carbocycles. The van der Waals surface area contributed by atoms with Crippen molar-refractivity contribution in [1.29, 1.82) is 0 Å². The van der Waals surface area contributed by atoms with E-state index in [1.165, 1.54) is 28.5 Å². The summed E-state index contributed by atoms with van der Waals surface area (Å²) in [5.74, 6) is 0. The van der Waals surface area contributed by atoms with Crippen molar-refractivity contribution < 1.29 is 0 Å². The van der Waals surface area contributed by atoms with Gasteiger partial charge in [-0.2, -0.15) is 0 Å². The lowest BCUT2D eigenvalue weighted by Crippen LogP contribution is -2.12. The molecule has 1 N–H and O–H groups in total. The van der Waals surface area contributed by atoms with Crippen molar-refractivity contribution in [2.24, 2.45) is 0 Å². The second kappa shape index (κ2) is 3.07. The van der Waals surface area contributed by atoms with E-state index >= 15 is 0 Å². The van der Waals surface area contributed by atoms with Crippen LogP contribution in [0.3, 0.4) is 0 Å². The van der Waals surface area contributed by atoms with Crippen LogP contribution in [0.4, 0.5) is 0 Å². The smallest absolute Gasteiger partial charge is 0.0378 e. The van der Waals surface area contributed by atoms with Gasteiger partial charge in [-0.25, -0.2) is 0 Å². The molecule has 1 heterocycles. The van der Waals surface area contributed by atoms with E-state index in [-0.39, 0.29) is 0 Å². The Morgan fingerprint density at radius 2 is 2.29 bits per heavy atom. The van der Waals surface area contributed by atoms with Crippen LogP contribution in [-0.4, -0.2) is 7.05 Å². The van der Waals surface area contributed by atoms with E-state index < -0.39 is 0 Å². The second-order valence-corrected chi connectivity index (χ2v) is 4.77. The third kappa shape index (κ3) is 1.04. The maximum Gasteiger partial charge on any atom is 0.0378 e. The number of hydrogen-bond donors (Lipinski definition) is 1. The molecule has 0 amide bonds. The summed E-state index contributed by atoms with van der Waals surface area (Å²) in [5.41, 5.74) is 3.10. The Morgan fingerprint density at radius 3 is 3.14 bits per heavy atom. The Bertz CT molecular complexity index is 472. The van der Waals surface area contributed by atoms with Crippen molar-refractivity contribution >= 4 is 21.4 Å². The fourth-order valence-corrected chi connectivity index (χ4v) is 3.42. The van der Waals surface area contributed by atoms with Gasteiger partial charge in [-0.15, -0.1) is 11.3 Å². The Morgan fingerprint density at radius 1 is 1.36 bits per heavy atom. The van der Waals surface area contributed by atoms with Crippen LogP contribution in [-0.2, 0) is 6.42 Å². The third-order valence-corrected chi connectivity index (χ3v) is 4.16. The Labute approximate surface area is 87.8 Å². The summed E-state index contributed by atoms with van der Waals surface area (Å²) in [4.78, 5) is 0. The van der Waals surface area contributed by atoms with Gasteiger partial charge in [-0.3, -0.25) is 0 Å². The molecule has 0 aliphatic heterocycles. The molecule has 1 aliphatic carbocycles. The molecule has 1 atom stereocenters. The van der Waals surface area contributed by atoms with Crippen LogP contribution in [0.5, 0.6) is 0 Å². The average molecular weight is 203 g/mol. The summed E-state index contributed by atoms with van der Waals surface area (Å²) in [5, 5.41) is 6.98. The van der Waals surface area contributed by atoms with Crippen LogP contribution >= 0.6 is 11.3 Å². The third-order valence-electron chi connectivity index (χ3n) is 3.17. The van der Waals surface area contributed by atoms with Gasteiger partial charge in [0, 0.05) is 10.7 Å². The number of hydrogen-bond acceptors (Lipinski definition) is 2. The quantitative estimate of drug-likeness (QED) is 0.751. The summed E-state index contributed by atoms with van der Waals surface area (Å²) < 4.78 is 1.50. The maximum absolute atomic E-state index is 3.38. The van der Waals surface area contributed by atoms with Gasteiger partial charge in [0.05, 0.1) is 0 Å². The Hall–Kier alpha value is -0.860. The van der Waals surface area contributed by atoms with Gasteiger partial charge in [-0.05, 0) is 47.8 Å². The first-order valence-corrected chi connectivity index (χ1v) is 5.94. The zero-order valence-corrected chi connectivity index (χ0v) is 9.03. The molecule has 0 fully saturated rings. The van der Waals surface area contributed by atoms with E-state index in [4.69, 9.17) is 0 Å². The van der Waals surface area contributed by atoms with Gasteiger partial charge in [0.25, 0.3) is 0 Å². The van der Waals surface area contributed by atoms with E-state index in [0.29, 0.717) is 6.04 Å². The van der Waals surface area contributed by atoms with Crippen LogP contribution in [0.15, 0.2) is 23.6 Å². The fourth-order valence-electron chi connectivity index (χ4n) is 2.44. The number of fused-ring (bicyclic) bond motifs is 3. The minimum absolute atomic E-state index is 0.580. The van der Waals surface area contributed by atoms with Crippen LogP contribution < -0.4 is 5.32 Å². The molecular formula is C12H13NS. The molecule has 14 heavy (non-hydrogen) atoms. The lowest BCUT2D eigenvalue weighted by atomic mass is 10.1. The average Bonchev–Trinajstić information content (AvgIpc) is 2.82. The van der Waals surface area contributed by atoms with Gasteiger partial charge in [0.1, 0.15) is 0 Å². The summed E-state index contributed by atoms with van der Waals surface area (Å²) in [7, 11) is 2.05. The van der Waals surface area contributed by atoms with E-state index in [1.54, 1.807) is 5.56 Å². The number of nitrogens with one attached hydrogen (secondary N) is 1. The van der Waals surface area contributed by atoms with E-state index in [0.717, 1.165) is 0 Å². The molecule has 0 saturated heterocycles. The van der Waals surface area contributed by atoms with Crippen LogP contribution in [0.2, 0.25) is 0 Å². The highest BCUT2D eigenvalue weighted by molar-refractivity contribution is 7.17. The Balaban J connectivity index is 2.27. The highest BCUT2D eigenvalue weighted by Gasteiger charge is 2.22. The van der Waals surface area contributed by atoms with Crippen molar-refractivity contribution in [3.8, 4) is 0 Å². The highest BCUT2D eigenvalue weighted by atomic mass is 32.1. The maximum atomic E-state index is 3.38. The zero-order valence-electron chi connectivity index (χ0n) is 8.21. The summed E-state index contributed by atoms with van der Waals surface area (Å²) in [6.45, 7) is 0. The molecule has 1 nitrogen and oxygen atoms in total. The van der Waals surface area contributed by atoms with Crippen LogP contribution in [0, 0.1) is 0 Å². The van der Waals surface area contributed by atoms with Crippen LogP contribution in [0.25, 0.3) is 10.1 Å².